The van der Waals surface area contributed by atoms with Gasteiger partial charge >= 0.3 is 6.03 Å². The maximum atomic E-state index is 10.4. The highest BCUT2D eigenvalue weighted by molar-refractivity contribution is 7.88. The molecule has 0 aliphatic rings. The second kappa shape index (κ2) is 4.14. The summed E-state index contributed by atoms with van der Waals surface area (Å²) in [5.74, 6) is 0. The maximum absolute atomic E-state index is 10.4. The molecule has 0 atom stereocenters. The predicted octanol–water partition coefficient (Wildman–Crippen LogP) is -1.63. The van der Waals surface area contributed by atoms with E-state index >= 15 is 0 Å². The van der Waals surface area contributed by atoms with Crippen LogP contribution >= 0.6 is 0 Å². The van der Waals surface area contributed by atoms with Crippen LogP contribution in [0.25, 0.3) is 0 Å². The zero-order valence-corrected chi connectivity index (χ0v) is 6.81. The molecule has 6 nitrogen and oxygen atoms in total. The van der Waals surface area contributed by atoms with Gasteiger partial charge in [-0.15, -0.1) is 0 Å². The number of amides is 2. The molecular formula is C4H10N3O3S. The van der Waals surface area contributed by atoms with Gasteiger partial charge in [0.05, 0.1) is 12.8 Å². The molecule has 0 aromatic carbocycles. The fraction of sp³-hybridized carbons (Fsp3) is 0.500. The van der Waals surface area contributed by atoms with Crippen LogP contribution in [0.4, 0.5) is 4.79 Å². The van der Waals surface area contributed by atoms with Crippen LogP contribution in [0.15, 0.2) is 0 Å². The summed E-state index contributed by atoms with van der Waals surface area (Å²) >= 11 is 0. The first-order valence-corrected chi connectivity index (χ1v) is 4.63. The van der Waals surface area contributed by atoms with E-state index < -0.39 is 16.1 Å². The van der Waals surface area contributed by atoms with Gasteiger partial charge in [0, 0.05) is 6.54 Å². The lowest BCUT2D eigenvalue weighted by atomic mass is 10.6. The molecule has 2 amide bonds. The predicted molar refractivity (Wildman–Crippen MR) is 39.9 cm³/mol. The highest BCUT2D eigenvalue weighted by Gasteiger charge is 1.98. The molecule has 0 aliphatic carbocycles. The second-order valence-electron chi connectivity index (χ2n) is 1.84. The first kappa shape index (κ1) is 10.2. The Balaban J connectivity index is 3.37. The van der Waals surface area contributed by atoms with Crippen LogP contribution in [0.5, 0.6) is 0 Å². The van der Waals surface area contributed by atoms with Crippen molar-refractivity contribution in [3.63, 3.8) is 0 Å². The Hall–Kier alpha value is -0.820. The van der Waals surface area contributed by atoms with Gasteiger partial charge in [-0.2, -0.15) is 0 Å². The van der Waals surface area contributed by atoms with E-state index in [4.69, 9.17) is 5.73 Å². The van der Waals surface area contributed by atoms with Crippen LogP contribution in [0, 0.1) is 6.54 Å². The number of nitrogens with one attached hydrogen (secondary N) is 2. The van der Waals surface area contributed by atoms with Crippen molar-refractivity contribution in [2.45, 2.75) is 0 Å². The standard InChI is InChI=1S/C4H10N3O3S/c1-11(9,10)7-3-2-6-4(5)8/h3,7H,2H2,1H3,(H3,5,6,8). The first-order chi connectivity index (χ1) is 4.92. The summed E-state index contributed by atoms with van der Waals surface area (Å²) in [5.41, 5.74) is 4.70. The van der Waals surface area contributed by atoms with E-state index in [0.717, 1.165) is 6.26 Å². The molecule has 11 heavy (non-hydrogen) atoms. The molecule has 65 valence electrons. The van der Waals surface area contributed by atoms with E-state index in [9.17, 15) is 13.2 Å². The Morgan fingerprint density at radius 2 is 2.18 bits per heavy atom. The highest BCUT2D eigenvalue weighted by Crippen LogP contribution is 1.74. The Morgan fingerprint density at radius 1 is 1.64 bits per heavy atom. The van der Waals surface area contributed by atoms with Gasteiger partial charge in [0.2, 0.25) is 10.0 Å². The lowest BCUT2D eigenvalue weighted by Crippen LogP contribution is -2.33. The summed E-state index contributed by atoms with van der Waals surface area (Å²) in [5, 5.41) is 2.17. The molecule has 0 aromatic rings. The van der Waals surface area contributed by atoms with E-state index in [1.165, 1.54) is 6.54 Å². The average molecular weight is 180 g/mol. The summed E-state index contributed by atoms with van der Waals surface area (Å²) in [6, 6.07) is -0.698. The second-order valence-corrected chi connectivity index (χ2v) is 3.62. The molecular weight excluding hydrogens is 170 g/mol. The molecule has 7 heteroatoms. The van der Waals surface area contributed by atoms with Crippen LogP contribution in [0.2, 0.25) is 0 Å². The summed E-state index contributed by atoms with van der Waals surface area (Å²) in [6.07, 6.45) is 1.01. The molecule has 1 radical (unpaired) electrons. The van der Waals surface area contributed by atoms with Gasteiger partial charge in [-0.1, -0.05) is 0 Å². The molecule has 0 bridgehead atoms. The van der Waals surface area contributed by atoms with Crippen LogP contribution in [-0.4, -0.2) is 27.2 Å². The minimum Gasteiger partial charge on any atom is -0.352 e. The Kier molecular flexibility index (Phi) is 3.83. The topological polar surface area (TPSA) is 101 Å². The van der Waals surface area contributed by atoms with Gasteiger partial charge < -0.3 is 11.1 Å². The lowest BCUT2D eigenvalue weighted by molar-refractivity contribution is 0.249. The Morgan fingerprint density at radius 3 is 2.55 bits per heavy atom. The molecule has 0 aromatic heterocycles. The van der Waals surface area contributed by atoms with E-state index in [0.29, 0.717) is 0 Å². The van der Waals surface area contributed by atoms with Gasteiger partial charge in [-0.05, 0) is 0 Å². The Labute approximate surface area is 65.2 Å². The molecule has 0 saturated heterocycles. The number of rotatable bonds is 4. The minimum atomic E-state index is -3.22. The fourth-order valence-electron chi connectivity index (χ4n) is 0.345. The number of hydrogen-bond donors (Lipinski definition) is 3. The van der Waals surface area contributed by atoms with Crippen molar-refractivity contribution >= 4 is 16.1 Å². The minimum absolute atomic E-state index is 0.0718. The molecule has 0 aliphatic heterocycles. The van der Waals surface area contributed by atoms with E-state index in [1.54, 1.807) is 0 Å². The summed E-state index contributed by atoms with van der Waals surface area (Å²) < 4.78 is 22.8. The number of carbonyl (C=O) groups is 1. The quantitative estimate of drug-likeness (QED) is 0.452. The van der Waals surface area contributed by atoms with Crippen molar-refractivity contribution in [3.05, 3.63) is 6.54 Å². The zero-order chi connectivity index (χ0) is 8.91. The molecule has 0 heterocycles. The smallest absolute Gasteiger partial charge is 0.312 e. The normalized spacial score (nSPS) is 11.0. The number of hydrogen-bond acceptors (Lipinski definition) is 3. The molecule has 4 N–H and O–H groups in total. The van der Waals surface area contributed by atoms with Crippen molar-refractivity contribution in [1.29, 1.82) is 0 Å². The lowest BCUT2D eigenvalue weighted by Gasteiger charge is -2.00. The van der Waals surface area contributed by atoms with Crippen LogP contribution in [0.3, 0.4) is 0 Å². The van der Waals surface area contributed by atoms with Crippen molar-refractivity contribution in [1.82, 2.24) is 10.0 Å². The van der Waals surface area contributed by atoms with Gasteiger partial charge in [-0.3, -0.25) is 0 Å². The molecule has 0 unspecified atom stereocenters. The van der Waals surface area contributed by atoms with Gasteiger partial charge in [0.1, 0.15) is 0 Å². The summed E-state index contributed by atoms with van der Waals surface area (Å²) in [7, 11) is -3.22. The third-order valence-corrected chi connectivity index (χ3v) is 1.27. The zero-order valence-electron chi connectivity index (χ0n) is 5.99. The largest absolute Gasteiger partial charge is 0.352 e. The molecule has 0 spiro atoms. The number of sulfonamides is 1. The number of carbonyl (C=O) groups excluding carboxylic acids is 1. The summed E-state index contributed by atoms with van der Waals surface area (Å²) in [4.78, 5) is 10.0. The molecule has 0 rings (SSSR count). The monoisotopic (exact) mass is 180 g/mol. The third-order valence-electron chi connectivity index (χ3n) is 0.676. The van der Waals surface area contributed by atoms with E-state index in [2.05, 4.69) is 10.0 Å². The van der Waals surface area contributed by atoms with E-state index in [1.807, 2.05) is 0 Å². The maximum Gasteiger partial charge on any atom is 0.312 e. The van der Waals surface area contributed by atoms with Crippen LogP contribution < -0.4 is 15.8 Å². The number of urea groups is 1. The van der Waals surface area contributed by atoms with Crippen molar-refractivity contribution in [2.75, 3.05) is 12.8 Å². The summed E-state index contributed by atoms with van der Waals surface area (Å²) in [6.45, 7) is 1.25. The van der Waals surface area contributed by atoms with Crippen LogP contribution in [-0.2, 0) is 10.0 Å². The average Bonchev–Trinajstić information content (AvgIpc) is 1.78. The highest BCUT2D eigenvalue weighted by atomic mass is 32.2. The van der Waals surface area contributed by atoms with E-state index in [-0.39, 0.29) is 6.54 Å². The van der Waals surface area contributed by atoms with Gasteiger partial charge in [0.15, 0.2) is 0 Å². The molecule has 0 saturated carbocycles. The van der Waals surface area contributed by atoms with Crippen LogP contribution in [0.1, 0.15) is 0 Å². The van der Waals surface area contributed by atoms with Crippen molar-refractivity contribution < 1.29 is 13.2 Å². The van der Waals surface area contributed by atoms with Crippen molar-refractivity contribution in [2.24, 2.45) is 5.73 Å². The fourth-order valence-corrected chi connectivity index (χ4v) is 0.731. The third kappa shape index (κ3) is 9.18. The number of nitrogens with two attached hydrogens (primary N) is 1. The SMILES string of the molecule is CS(=O)(=O)N[CH]CNC(N)=O. The van der Waals surface area contributed by atoms with Gasteiger partial charge in [-0.25, -0.2) is 17.9 Å². The molecule has 0 fully saturated rings. The van der Waals surface area contributed by atoms with Gasteiger partial charge in [0.25, 0.3) is 0 Å². The number of primary amides is 1. The Bertz CT molecular complexity index is 223. The van der Waals surface area contributed by atoms with Crippen molar-refractivity contribution in [3.8, 4) is 0 Å². The first-order valence-electron chi connectivity index (χ1n) is 2.74.